The van der Waals surface area contributed by atoms with E-state index in [1.165, 1.54) is 18.5 Å². The number of piperazine rings is 1. The van der Waals surface area contributed by atoms with Crippen molar-refractivity contribution >= 4 is 11.6 Å². The van der Waals surface area contributed by atoms with Crippen LogP contribution in [0, 0.1) is 5.92 Å². The van der Waals surface area contributed by atoms with Crippen LogP contribution in [0.2, 0.25) is 0 Å². The van der Waals surface area contributed by atoms with E-state index < -0.39 is 0 Å². The Kier molecular flexibility index (Phi) is 3.76. The first kappa shape index (κ1) is 14.0. The number of carbonyl (C=O) groups is 1. The summed E-state index contributed by atoms with van der Waals surface area (Å²) in [7, 11) is 0. The maximum absolute atomic E-state index is 12.6. The van der Waals surface area contributed by atoms with E-state index in [4.69, 9.17) is 0 Å². The van der Waals surface area contributed by atoms with Crippen molar-refractivity contribution in [3.63, 3.8) is 0 Å². The topological polar surface area (TPSA) is 47.6 Å². The van der Waals surface area contributed by atoms with Gasteiger partial charge in [0.1, 0.15) is 6.04 Å². The SMILES string of the molecule is O=C(C1CC(C2CC2)NN1)N1CCN(c2ccccc2)CC1. The Balaban J connectivity index is 1.30. The average Bonchev–Trinajstić information content (AvgIpc) is 3.32. The first-order valence-corrected chi connectivity index (χ1v) is 8.41. The van der Waals surface area contributed by atoms with E-state index in [1.807, 2.05) is 11.0 Å². The van der Waals surface area contributed by atoms with E-state index in [0.29, 0.717) is 6.04 Å². The summed E-state index contributed by atoms with van der Waals surface area (Å²) in [6.45, 7) is 3.48. The summed E-state index contributed by atoms with van der Waals surface area (Å²) in [5, 5.41) is 0. The zero-order chi connectivity index (χ0) is 14.9. The fourth-order valence-corrected chi connectivity index (χ4v) is 3.60. The van der Waals surface area contributed by atoms with Crippen molar-refractivity contribution in [2.24, 2.45) is 5.92 Å². The minimum absolute atomic E-state index is 0.0334. The Bertz CT molecular complexity index is 523. The van der Waals surface area contributed by atoms with Crippen LogP contribution < -0.4 is 15.8 Å². The molecule has 118 valence electrons. The molecule has 5 nitrogen and oxygen atoms in total. The van der Waals surface area contributed by atoms with Crippen LogP contribution in [-0.4, -0.2) is 49.1 Å². The fraction of sp³-hybridized carbons (Fsp3) is 0.588. The van der Waals surface area contributed by atoms with Gasteiger partial charge in [-0.05, 0) is 37.3 Å². The molecule has 1 amide bonds. The summed E-state index contributed by atoms with van der Waals surface area (Å²) in [5.41, 5.74) is 7.78. The van der Waals surface area contributed by atoms with E-state index in [0.717, 1.165) is 38.5 Å². The zero-order valence-corrected chi connectivity index (χ0v) is 12.9. The van der Waals surface area contributed by atoms with Crippen LogP contribution in [0.5, 0.6) is 0 Å². The van der Waals surface area contributed by atoms with E-state index in [-0.39, 0.29) is 11.9 Å². The van der Waals surface area contributed by atoms with E-state index in [9.17, 15) is 4.79 Å². The van der Waals surface area contributed by atoms with Crippen molar-refractivity contribution in [1.29, 1.82) is 0 Å². The van der Waals surface area contributed by atoms with Gasteiger partial charge in [-0.15, -0.1) is 0 Å². The van der Waals surface area contributed by atoms with Gasteiger partial charge in [0.25, 0.3) is 0 Å². The minimum Gasteiger partial charge on any atom is -0.368 e. The summed E-state index contributed by atoms with van der Waals surface area (Å²) in [5.74, 6) is 1.06. The summed E-state index contributed by atoms with van der Waals surface area (Å²) in [6.07, 6.45) is 3.58. The summed E-state index contributed by atoms with van der Waals surface area (Å²) < 4.78 is 0. The van der Waals surface area contributed by atoms with Crippen molar-refractivity contribution in [3.05, 3.63) is 30.3 Å². The van der Waals surface area contributed by atoms with Gasteiger partial charge in [0.15, 0.2) is 0 Å². The number of hydrogen-bond donors (Lipinski definition) is 2. The Labute approximate surface area is 131 Å². The summed E-state index contributed by atoms with van der Waals surface area (Å²) in [6, 6.07) is 10.9. The molecular weight excluding hydrogens is 276 g/mol. The van der Waals surface area contributed by atoms with Gasteiger partial charge in [-0.2, -0.15) is 0 Å². The van der Waals surface area contributed by atoms with Gasteiger partial charge in [-0.25, -0.2) is 5.43 Å². The monoisotopic (exact) mass is 300 g/mol. The Morgan fingerprint density at radius 2 is 1.73 bits per heavy atom. The van der Waals surface area contributed by atoms with Crippen LogP contribution in [0.4, 0.5) is 5.69 Å². The number of para-hydroxylation sites is 1. The van der Waals surface area contributed by atoms with Gasteiger partial charge >= 0.3 is 0 Å². The highest BCUT2D eigenvalue weighted by Crippen LogP contribution is 2.35. The zero-order valence-electron chi connectivity index (χ0n) is 12.9. The molecule has 1 saturated carbocycles. The van der Waals surface area contributed by atoms with Crippen molar-refractivity contribution in [1.82, 2.24) is 15.8 Å². The minimum atomic E-state index is -0.0334. The molecule has 2 heterocycles. The fourth-order valence-electron chi connectivity index (χ4n) is 3.60. The maximum atomic E-state index is 12.6. The number of rotatable bonds is 3. The molecule has 1 aromatic carbocycles. The molecule has 0 aromatic heterocycles. The van der Waals surface area contributed by atoms with Crippen LogP contribution in [-0.2, 0) is 4.79 Å². The molecule has 2 unspecified atom stereocenters. The summed E-state index contributed by atoms with van der Waals surface area (Å²) >= 11 is 0. The lowest BCUT2D eigenvalue weighted by atomic mass is 10.1. The second kappa shape index (κ2) is 5.89. The molecule has 2 saturated heterocycles. The molecule has 0 bridgehead atoms. The van der Waals surface area contributed by atoms with E-state index >= 15 is 0 Å². The van der Waals surface area contributed by atoms with Crippen LogP contribution in [0.15, 0.2) is 30.3 Å². The number of hydrazine groups is 1. The lowest BCUT2D eigenvalue weighted by molar-refractivity contribution is -0.133. The van der Waals surface area contributed by atoms with Crippen molar-refractivity contribution in [2.45, 2.75) is 31.3 Å². The highest BCUT2D eigenvalue weighted by molar-refractivity contribution is 5.82. The highest BCUT2D eigenvalue weighted by Gasteiger charge is 2.40. The lowest BCUT2D eigenvalue weighted by Crippen LogP contribution is -2.53. The maximum Gasteiger partial charge on any atom is 0.241 e. The van der Waals surface area contributed by atoms with Gasteiger partial charge in [0.2, 0.25) is 5.91 Å². The molecule has 3 aliphatic rings. The number of nitrogens with zero attached hydrogens (tertiary/aromatic N) is 2. The van der Waals surface area contributed by atoms with Crippen LogP contribution in [0.3, 0.4) is 0 Å². The summed E-state index contributed by atoms with van der Waals surface area (Å²) in [4.78, 5) is 17.0. The van der Waals surface area contributed by atoms with Crippen molar-refractivity contribution in [2.75, 3.05) is 31.1 Å². The first-order chi connectivity index (χ1) is 10.8. The predicted molar refractivity (Wildman–Crippen MR) is 86.4 cm³/mol. The molecule has 4 rings (SSSR count). The normalized spacial score (nSPS) is 28.9. The van der Waals surface area contributed by atoms with E-state index in [2.05, 4.69) is 40.0 Å². The molecule has 22 heavy (non-hydrogen) atoms. The number of hydrogen-bond acceptors (Lipinski definition) is 4. The standard InChI is InChI=1S/C17H24N4O/c22-17(16-12-15(18-19-16)13-6-7-13)21-10-8-20(9-11-21)14-4-2-1-3-5-14/h1-5,13,15-16,18-19H,6-12H2. The van der Waals surface area contributed by atoms with Gasteiger partial charge in [-0.3, -0.25) is 10.2 Å². The second-order valence-corrected chi connectivity index (χ2v) is 6.67. The third kappa shape index (κ3) is 2.83. The number of anilines is 1. The van der Waals surface area contributed by atoms with Crippen LogP contribution in [0.1, 0.15) is 19.3 Å². The Morgan fingerprint density at radius 3 is 2.41 bits per heavy atom. The lowest BCUT2D eigenvalue weighted by Gasteiger charge is -2.37. The molecule has 0 radical (unpaired) electrons. The molecule has 2 aliphatic heterocycles. The molecule has 2 atom stereocenters. The van der Waals surface area contributed by atoms with Gasteiger partial charge in [-0.1, -0.05) is 18.2 Å². The van der Waals surface area contributed by atoms with Crippen LogP contribution in [0.25, 0.3) is 0 Å². The molecule has 0 spiro atoms. The number of benzene rings is 1. The van der Waals surface area contributed by atoms with Gasteiger partial charge in [0.05, 0.1) is 0 Å². The Hall–Kier alpha value is -1.59. The van der Waals surface area contributed by atoms with Crippen LogP contribution >= 0.6 is 0 Å². The average molecular weight is 300 g/mol. The van der Waals surface area contributed by atoms with E-state index in [1.54, 1.807) is 0 Å². The van der Waals surface area contributed by atoms with Gasteiger partial charge in [0, 0.05) is 37.9 Å². The largest absolute Gasteiger partial charge is 0.368 e. The Morgan fingerprint density at radius 1 is 1.00 bits per heavy atom. The van der Waals surface area contributed by atoms with Gasteiger partial charge < -0.3 is 9.80 Å². The third-order valence-electron chi connectivity index (χ3n) is 5.13. The predicted octanol–water partition coefficient (Wildman–Crippen LogP) is 0.980. The van der Waals surface area contributed by atoms with Crippen molar-refractivity contribution in [3.8, 4) is 0 Å². The highest BCUT2D eigenvalue weighted by atomic mass is 16.2. The second-order valence-electron chi connectivity index (χ2n) is 6.67. The smallest absolute Gasteiger partial charge is 0.241 e. The number of nitrogens with one attached hydrogen (secondary N) is 2. The number of amides is 1. The molecule has 3 fully saturated rings. The quantitative estimate of drug-likeness (QED) is 0.874. The molecule has 2 N–H and O–H groups in total. The first-order valence-electron chi connectivity index (χ1n) is 8.41. The molecule has 1 aromatic rings. The molecule has 1 aliphatic carbocycles. The van der Waals surface area contributed by atoms with Crippen molar-refractivity contribution < 1.29 is 4.79 Å². The molecule has 5 heteroatoms. The number of carbonyl (C=O) groups excluding carboxylic acids is 1. The third-order valence-corrected chi connectivity index (χ3v) is 5.13. The molecular formula is C17H24N4O.